The molecular weight excluding hydrogens is 360 g/mol. The lowest BCUT2D eigenvalue weighted by Crippen LogP contribution is -2.08. The van der Waals surface area contributed by atoms with Crippen LogP contribution in [0.3, 0.4) is 0 Å². The highest BCUT2D eigenvalue weighted by molar-refractivity contribution is 5.80. The third-order valence-electron chi connectivity index (χ3n) is 4.05. The van der Waals surface area contributed by atoms with Gasteiger partial charge in [-0.25, -0.2) is 4.68 Å². The summed E-state index contributed by atoms with van der Waals surface area (Å²) in [4.78, 5) is 23.9. The maximum atomic E-state index is 12.8. The second kappa shape index (κ2) is 7.03. The number of ether oxygens (including phenoxy) is 2. The topological polar surface area (TPSA) is 83.6 Å². The van der Waals surface area contributed by atoms with E-state index < -0.39 is 5.97 Å². The molecule has 0 amide bonds. The molecule has 0 radical (unpaired) electrons. The molecule has 0 fully saturated rings. The number of carbonyl (C=O) groups excluding carboxylic acids is 1. The van der Waals surface area contributed by atoms with E-state index in [1.54, 1.807) is 23.9 Å². The zero-order valence-electron chi connectivity index (χ0n) is 15.2. The summed E-state index contributed by atoms with van der Waals surface area (Å²) >= 11 is 0. The van der Waals surface area contributed by atoms with Gasteiger partial charge in [-0.05, 0) is 31.2 Å². The lowest BCUT2D eigenvalue weighted by molar-refractivity contribution is -0.131. The molecule has 4 rings (SSSR count). The van der Waals surface area contributed by atoms with E-state index in [4.69, 9.17) is 13.9 Å². The number of aromatic nitrogens is 2. The van der Waals surface area contributed by atoms with Gasteiger partial charge in [0.05, 0.1) is 23.5 Å². The molecule has 0 N–H and O–H groups in total. The van der Waals surface area contributed by atoms with E-state index in [0.717, 1.165) is 5.69 Å². The van der Waals surface area contributed by atoms with Crippen molar-refractivity contribution in [2.45, 2.75) is 13.8 Å². The van der Waals surface area contributed by atoms with Crippen molar-refractivity contribution in [1.29, 1.82) is 0 Å². The van der Waals surface area contributed by atoms with Crippen LogP contribution in [0.1, 0.15) is 12.7 Å². The van der Waals surface area contributed by atoms with Gasteiger partial charge in [0, 0.05) is 13.0 Å². The Bertz CT molecular complexity index is 1220. The molecule has 7 heteroatoms. The van der Waals surface area contributed by atoms with E-state index in [9.17, 15) is 9.59 Å². The van der Waals surface area contributed by atoms with Gasteiger partial charge in [-0.2, -0.15) is 5.10 Å². The van der Waals surface area contributed by atoms with Crippen LogP contribution in [-0.4, -0.2) is 15.7 Å². The molecule has 140 valence electrons. The molecule has 0 unspecified atom stereocenters. The van der Waals surface area contributed by atoms with Gasteiger partial charge in [0.2, 0.25) is 11.2 Å². The number of rotatable bonds is 4. The van der Waals surface area contributed by atoms with Crippen LogP contribution in [0, 0.1) is 6.92 Å². The third kappa shape index (κ3) is 3.37. The summed E-state index contributed by atoms with van der Waals surface area (Å²) in [7, 11) is 0. The highest BCUT2D eigenvalue weighted by atomic mass is 16.5. The molecule has 0 saturated carbocycles. The lowest BCUT2D eigenvalue weighted by atomic mass is 10.2. The normalized spacial score (nSPS) is 10.8. The van der Waals surface area contributed by atoms with Gasteiger partial charge in [-0.1, -0.05) is 18.2 Å². The molecule has 4 aromatic rings. The largest absolute Gasteiger partial charge is 0.457 e. The van der Waals surface area contributed by atoms with Crippen LogP contribution in [0.2, 0.25) is 0 Å². The maximum Gasteiger partial charge on any atom is 0.308 e. The molecule has 0 atom stereocenters. The monoisotopic (exact) mass is 376 g/mol. The Morgan fingerprint density at radius 1 is 1.11 bits per heavy atom. The third-order valence-corrected chi connectivity index (χ3v) is 4.05. The van der Waals surface area contributed by atoms with Gasteiger partial charge in [0.15, 0.2) is 5.75 Å². The minimum absolute atomic E-state index is 0.0837. The number of para-hydroxylation sites is 1. The fourth-order valence-corrected chi connectivity index (χ4v) is 2.81. The number of carbonyl (C=O) groups is 1. The molecule has 0 aliphatic rings. The summed E-state index contributed by atoms with van der Waals surface area (Å²) in [6, 6.07) is 14.1. The highest BCUT2D eigenvalue weighted by Crippen LogP contribution is 2.27. The Kier molecular flexibility index (Phi) is 4.41. The Hall–Kier alpha value is -3.87. The Morgan fingerprint density at radius 2 is 1.89 bits per heavy atom. The SMILES string of the molecule is CC(=O)Oc1ccc2c(=O)c(Oc3cnn(-c4ccccc4)c3)c(C)oc2c1. The number of fused-ring (bicyclic) bond motifs is 1. The number of hydrogen-bond donors (Lipinski definition) is 0. The van der Waals surface area contributed by atoms with Crippen LogP contribution in [0.15, 0.2) is 70.1 Å². The summed E-state index contributed by atoms with van der Waals surface area (Å²) in [6.07, 6.45) is 3.21. The van der Waals surface area contributed by atoms with Crippen LogP contribution >= 0.6 is 0 Å². The number of nitrogens with zero attached hydrogens (tertiary/aromatic N) is 2. The van der Waals surface area contributed by atoms with Crippen molar-refractivity contribution in [3.05, 3.63) is 76.9 Å². The van der Waals surface area contributed by atoms with E-state index in [2.05, 4.69) is 5.10 Å². The Labute approximate surface area is 159 Å². The molecule has 0 aliphatic carbocycles. The summed E-state index contributed by atoms with van der Waals surface area (Å²) in [5.74, 6) is 0.662. The molecule has 2 aromatic carbocycles. The molecule has 0 spiro atoms. The first-order valence-electron chi connectivity index (χ1n) is 8.55. The van der Waals surface area contributed by atoms with Crippen molar-refractivity contribution >= 4 is 16.9 Å². The summed E-state index contributed by atoms with van der Waals surface area (Å²) in [5, 5.41) is 4.58. The average molecular weight is 376 g/mol. The Morgan fingerprint density at radius 3 is 2.64 bits per heavy atom. The average Bonchev–Trinajstić information content (AvgIpc) is 3.14. The molecule has 2 aromatic heterocycles. The minimum atomic E-state index is -0.450. The summed E-state index contributed by atoms with van der Waals surface area (Å²) in [6.45, 7) is 2.94. The number of hydrogen-bond acceptors (Lipinski definition) is 6. The van der Waals surface area contributed by atoms with E-state index in [1.807, 2.05) is 30.3 Å². The second-order valence-corrected chi connectivity index (χ2v) is 6.13. The van der Waals surface area contributed by atoms with Crippen LogP contribution < -0.4 is 14.9 Å². The van der Waals surface area contributed by atoms with Crippen LogP contribution in [0.4, 0.5) is 0 Å². The zero-order chi connectivity index (χ0) is 19.7. The van der Waals surface area contributed by atoms with Crippen LogP contribution in [0.5, 0.6) is 17.2 Å². The summed E-state index contributed by atoms with van der Waals surface area (Å²) in [5.41, 5.74) is 0.867. The van der Waals surface area contributed by atoms with E-state index >= 15 is 0 Å². The second-order valence-electron chi connectivity index (χ2n) is 6.13. The standard InChI is InChI=1S/C21H16N2O5/c1-13-21(28-17-11-22-23(12-17)15-6-4-3-5-7-15)20(25)18-9-8-16(27-14(2)24)10-19(18)26-13/h3-12H,1-2H3. The van der Waals surface area contributed by atoms with E-state index in [-0.39, 0.29) is 11.2 Å². The molecule has 7 nitrogen and oxygen atoms in total. The van der Waals surface area contributed by atoms with Gasteiger partial charge < -0.3 is 13.9 Å². The van der Waals surface area contributed by atoms with E-state index in [1.165, 1.54) is 25.3 Å². The fraction of sp³-hybridized carbons (Fsp3) is 0.0952. The minimum Gasteiger partial charge on any atom is -0.457 e. The number of esters is 1. The molecule has 0 aliphatic heterocycles. The first kappa shape index (κ1) is 17.5. The van der Waals surface area contributed by atoms with Crippen LogP contribution in [-0.2, 0) is 4.79 Å². The van der Waals surface area contributed by atoms with Crippen molar-refractivity contribution < 1.29 is 18.7 Å². The van der Waals surface area contributed by atoms with Gasteiger partial charge in [0.25, 0.3) is 0 Å². The van der Waals surface area contributed by atoms with Crippen molar-refractivity contribution in [2.24, 2.45) is 0 Å². The van der Waals surface area contributed by atoms with Crippen LogP contribution in [0.25, 0.3) is 16.7 Å². The molecular formula is C21H16N2O5. The molecule has 28 heavy (non-hydrogen) atoms. The molecule has 0 bridgehead atoms. The highest BCUT2D eigenvalue weighted by Gasteiger charge is 2.16. The predicted octanol–water partition coefficient (Wildman–Crippen LogP) is 4.00. The fourth-order valence-electron chi connectivity index (χ4n) is 2.81. The smallest absolute Gasteiger partial charge is 0.308 e. The van der Waals surface area contributed by atoms with Crippen molar-refractivity contribution in [3.8, 4) is 22.9 Å². The number of aryl methyl sites for hydroxylation is 1. The maximum absolute atomic E-state index is 12.8. The first-order valence-corrected chi connectivity index (χ1v) is 8.55. The summed E-state index contributed by atoms with van der Waals surface area (Å²) < 4.78 is 18.2. The van der Waals surface area contributed by atoms with Gasteiger partial charge >= 0.3 is 5.97 Å². The first-order chi connectivity index (χ1) is 13.5. The Balaban J connectivity index is 1.68. The number of benzene rings is 2. The molecule has 2 heterocycles. The van der Waals surface area contributed by atoms with Crippen molar-refractivity contribution in [1.82, 2.24) is 9.78 Å². The predicted molar refractivity (Wildman–Crippen MR) is 102 cm³/mol. The van der Waals surface area contributed by atoms with E-state index in [0.29, 0.717) is 28.2 Å². The molecule has 0 saturated heterocycles. The quantitative estimate of drug-likeness (QED) is 0.395. The van der Waals surface area contributed by atoms with Gasteiger partial charge in [-0.15, -0.1) is 0 Å². The van der Waals surface area contributed by atoms with Gasteiger partial charge in [0.1, 0.15) is 17.1 Å². The lowest BCUT2D eigenvalue weighted by Gasteiger charge is -2.08. The van der Waals surface area contributed by atoms with Crippen molar-refractivity contribution in [3.63, 3.8) is 0 Å². The van der Waals surface area contributed by atoms with Gasteiger partial charge in [-0.3, -0.25) is 9.59 Å². The zero-order valence-corrected chi connectivity index (χ0v) is 15.2. The van der Waals surface area contributed by atoms with Crippen molar-refractivity contribution in [2.75, 3.05) is 0 Å².